The standard InChI is InChI=1S/C12H11N5O2/c13-1-3-17(4-2-14)10-6-9-11(5-8(10)15)19-7-12(18)16-9/h5-6H,3-4,7,15H2,(H,16,18). The van der Waals surface area contributed by atoms with Crippen molar-refractivity contribution in [1.82, 2.24) is 0 Å². The minimum absolute atomic E-state index is 0.0331. The Balaban J connectivity index is 2.41. The molecule has 0 atom stereocenters. The van der Waals surface area contributed by atoms with Crippen LogP contribution in [0.3, 0.4) is 0 Å². The second-order valence-electron chi connectivity index (χ2n) is 3.92. The average molecular weight is 257 g/mol. The van der Waals surface area contributed by atoms with Gasteiger partial charge in [0.1, 0.15) is 18.8 Å². The van der Waals surface area contributed by atoms with Gasteiger partial charge in [0.05, 0.1) is 29.2 Å². The quantitative estimate of drug-likeness (QED) is 0.600. The van der Waals surface area contributed by atoms with E-state index in [1.165, 1.54) is 4.90 Å². The highest BCUT2D eigenvalue weighted by molar-refractivity contribution is 5.97. The van der Waals surface area contributed by atoms with Crippen molar-refractivity contribution in [3.8, 4) is 17.9 Å². The van der Waals surface area contributed by atoms with Gasteiger partial charge in [-0.05, 0) is 6.07 Å². The molecule has 7 heteroatoms. The molecule has 7 nitrogen and oxygen atoms in total. The first-order chi connectivity index (χ1) is 9.15. The van der Waals surface area contributed by atoms with Crippen molar-refractivity contribution >= 4 is 23.0 Å². The second kappa shape index (κ2) is 5.15. The summed E-state index contributed by atoms with van der Waals surface area (Å²) in [7, 11) is 0. The molecular formula is C12H11N5O2. The van der Waals surface area contributed by atoms with E-state index >= 15 is 0 Å². The van der Waals surface area contributed by atoms with Crippen LogP contribution in [-0.2, 0) is 4.79 Å². The monoisotopic (exact) mass is 257 g/mol. The van der Waals surface area contributed by atoms with Gasteiger partial charge in [0.2, 0.25) is 0 Å². The number of anilines is 3. The summed E-state index contributed by atoms with van der Waals surface area (Å²) in [5.74, 6) is 0.227. The first-order valence-corrected chi connectivity index (χ1v) is 5.50. The van der Waals surface area contributed by atoms with Gasteiger partial charge in [0.25, 0.3) is 5.91 Å². The van der Waals surface area contributed by atoms with E-state index in [0.29, 0.717) is 22.8 Å². The summed E-state index contributed by atoms with van der Waals surface area (Å²) in [6, 6.07) is 7.12. The van der Waals surface area contributed by atoms with Gasteiger partial charge in [-0.1, -0.05) is 0 Å². The zero-order valence-electron chi connectivity index (χ0n) is 10.0. The van der Waals surface area contributed by atoms with Crippen LogP contribution in [0.5, 0.6) is 5.75 Å². The summed E-state index contributed by atoms with van der Waals surface area (Å²) >= 11 is 0. The molecule has 0 radical (unpaired) electrons. The van der Waals surface area contributed by atoms with Crippen molar-refractivity contribution in [2.24, 2.45) is 0 Å². The molecule has 19 heavy (non-hydrogen) atoms. The van der Waals surface area contributed by atoms with Crippen molar-refractivity contribution in [3.05, 3.63) is 12.1 Å². The summed E-state index contributed by atoms with van der Waals surface area (Å²) in [4.78, 5) is 12.8. The van der Waals surface area contributed by atoms with Crippen LogP contribution in [0.1, 0.15) is 0 Å². The Kier molecular flexibility index (Phi) is 3.39. The molecule has 1 aliphatic heterocycles. The van der Waals surface area contributed by atoms with Crippen LogP contribution in [0, 0.1) is 22.7 Å². The summed E-state index contributed by atoms with van der Waals surface area (Å²) in [5.41, 5.74) is 7.29. The minimum atomic E-state index is -0.254. The smallest absolute Gasteiger partial charge is 0.262 e. The Morgan fingerprint density at radius 1 is 1.37 bits per heavy atom. The number of ether oxygens (including phenoxy) is 1. The predicted octanol–water partition coefficient (Wildman–Crippen LogP) is 0.453. The lowest BCUT2D eigenvalue weighted by atomic mass is 10.2. The molecule has 1 aromatic carbocycles. The van der Waals surface area contributed by atoms with E-state index in [2.05, 4.69) is 5.32 Å². The van der Waals surface area contributed by atoms with Crippen LogP contribution in [0.25, 0.3) is 0 Å². The summed E-state index contributed by atoms with van der Waals surface area (Å²) in [6.45, 7) is 0.0165. The molecule has 0 spiro atoms. The summed E-state index contributed by atoms with van der Waals surface area (Å²) < 4.78 is 5.23. The lowest BCUT2D eigenvalue weighted by Gasteiger charge is -2.24. The Morgan fingerprint density at radius 2 is 2.05 bits per heavy atom. The number of benzene rings is 1. The van der Waals surface area contributed by atoms with Crippen molar-refractivity contribution in [2.45, 2.75) is 0 Å². The van der Waals surface area contributed by atoms with Gasteiger partial charge in [0.15, 0.2) is 6.61 Å². The normalized spacial score (nSPS) is 12.4. The molecule has 2 rings (SSSR count). The number of hydrogen-bond donors (Lipinski definition) is 2. The summed E-state index contributed by atoms with van der Waals surface area (Å²) in [5, 5.41) is 20.2. The molecule has 0 fully saturated rings. The highest BCUT2D eigenvalue weighted by Gasteiger charge is 2.20. The number of amides is 1. The van der Waals surface area contributed by atoms with E-state index in [4.69, 9.17) is 21.0 Å². The van der Waals surface area contributed by atoms with Crippen LogP contribution in [0.15, 0.2) is 12.1 Å². The van der Waals surface area contributed by atoms with Gasteiger partial charge in [0, 0.05) is 6.07 Å². The third-order valence-corrected chi connectivity index (χ3v) is 2.63. The minimum Gasteiger partial charge on any atom is -0.482 e. The third kappa shape index (κ3) is 2.50. The number of nitrogens with one attached hydrogen (secondary N) is 1. The van der Waals surface area contributed by atoms with E-state index in [1.54, 1.807) is 12.1 Å². The molecule has 1 aliphatic rings. The maximum atomic E-state index is 11.3. The summed E-state index contributed by atoms with van der Waals surface area (Å²) in [6.07, 6.45) is 0. The fourth-order valence-electron chi connectivity index (χ4n) is 1.80. The molecule has 1 amide bonds. The molecule has 0 unspecified atom stereocenters. The van der Waals surface area contributed by atoms with E-state index in [-0.39, 0.29) is 25.6 Å². The van der Waals surface area contributed by atoms with E-state index in [9.17, 15) is 4.79 Å². The zero-order valence-corrected chi connectivity index (χ0v) is 10.0. The zero-order chi connectivity index (χ0) is 13.8. The lowest BCUT2D eigenvalue weighted by Crippen LogP contribution is -2.28. The van der Waals surface area contributed by atoms with Crippen LogP contribution in [-0.4, -0.2) is 25.6 Å². The fourth-order valence-corrected chi connectivity index (χ4v) is 1.80. The first kappa shape index (κ1) is 12.5. The van der Waals surface area contributed by atoms with Gasteiger partial charge in [-0.3, -0.25) is 4.79 Å². The van der Waals surface area contributed by atoms with Crippen LogP contribution < -0.4 is 20.7 Å². The van der Waals surface area contributed by atoms with Gasteiger partial charge < -0.3 is 20.7 Å². The van der Waals surface area contributed by atoms with Gasteiger partial charge in [-0.25, -0.2) is 0 Å². The Labute approximate surface area is 109 Å². The number of fused-ring (bicyclic) bond motifs is 1. The third-order valence-electron chi connectivity index (χ3n) is 2.63. The Morgan fingerprint density at radius 3 is 2.68 bits per heavy atom. The molecule has 0 aromatic heterocycles. The lowest BCUT2D eigenvalue weighted by molar-refractivity contribution is -0.118. The average Bonchev–Trinajstić information content (AvgIpc) is 2.38. The van der Waals surface area contributed by atoms with Crippen LogP contribution in [0.2, 0.25) is 0 Å². The van der Waals surface area contributed by atoms with Gasteiger partial charge in [-0.2, -0.15) is 10.5 Å². The number of hydrogen-bond acceptors (Lipinski definition) is 6. The Bertz CT molecular complexity index is 583. The van der Waals surface area contributed by atoms with Crippen molar-refractivity contribution < 1.29 is 9.53 Å². The second-order valence-corrected chi connectivity index (χ2v) is 3.92. The first-order valence-electron chi connectivity index (χ1n) is 5.50. The largest absolute Gasteiger partial charge is 0.482 e. The molecule has 0 saturated heterocycles. The van der Waals surface area contributed by atoms with E-state index in [1.807, 2.05) is 12.1 Å². The van der Waals surface area contributed by atoms with Crippen molar-refractivity contribution in [3.63, 3.8) is 0 Å². The number of nitrogen functional groups attached to an aromatic ring is 1. The number of nitriles is 2. The highest BCUT2D eigenvalue weighted by atomic mass is 16.5. The fraction of sp³-hybridized carbons (Fsp3) is 0.250. The van der Waals surface area contributed by atoms with E-state index in [0.717, 1.165) is 0 Å². The SMILES string of the molecule is N#CCN(CC#N)c1cc2c(cc1N)OCC(=O)N2. The highest BCUT2D eigenvalue weighted by Crippen LogP contribution is 2.36. The molecule has 0 aliphatic carbocycles. The van der Waals surface area contributed by atoms with Crippen molar-refractivity contribution in [2.75, 3.05) is 35.6 Å². The van der Waals surface area contributed by atoms with Gasteiger partial charge >= 0.3 is 0 Å². The van der Waals surface area contributed by atoms with Crippen LogP contribution >= 0.6 is 0 Å². The van der Waals surface area contributed by atoms with Crippen LogP contribution in [0.4, 0.5) is 17.1 Å². The molecule has 96 valence electrons. The Hall–Kier alpha value is -2.93. The molecule has 0 bridgehead atoms. The van der Waals surface area contributed by atoms with Gasteiger partial charge in [-0.15, -0.1) is 0 Å². The molecular weight excluding hydrogens is 246 g/mol. The number of nitrogens with zero attached hydrogens (tertiary/aromatic N) is 3. The number of rotatable bonds is 3. The molecule has 1 heterocycles. The molecule has 0 saturated carbocycles. The molecule has 1 aromatic rings. The number of nitrogens with two attached hydrogens (primary N) is 1. The maximum absolute atomic E-state index is 11.3. The number of carbonyl (C=O) groups is 1. The topological polar surface area (TPSA) is 115 Å². The van der Waals surface area contributed by atoms with Crippen molar-refractivity contribution in [1.29, 1.82) is 10.5 Å². The predicted molar refractivity (Wildman–Crippen MR) is 68.4 cm³/mol. The number of carbonyl (C=O) groups excluding carboxylic acids is 1. The molecule has 3 N–H and O–H groups in total. The maximum Gasteiger partial charge on any atom is 0.262 e. The van der Waals surface area contributed by atoms with E-state index < -0.39 is 0 Å².